The minimum absolute atomic E-state index is 0. The number of likely N-dealkylation sites (N-methyl/N-ethyl adjacent to an activating group) is 1. The number of nitrogens with one attached hydrogen (secondary N) is 2. The molecule has 0 saturated carbocycles. The van der Waals surface area contributed by atoms with Gasteiger partial charge < -0.3 is 30.1 Å². The predicted molar refractivity (Wildman–Crippen MR) is 159 cm³/mol. The van der Waals surface area contributed by atoms with Gasteiger partial charge in [0.25, 0.3) is 5.91 Å². The number of phenolic OH excluding ortho intramolecular Hbond substituents is 1. The Bertz CT molecular complexity index is 1100. The molecule has 0 bridgehead atoms. The number of benzene rings is 2. The van der Waals surface area contributed by atoms with Crippen LogP contribution in [0, 0.1) is 0 Å². The number of methoxy groups -OCH3 is 1. The standard InChI is InChI=1S/C19H17Cl2NO6.C7H16N2.2ClH.H2/c1-10(23)28-17-12(9-13(20)16(24)15(17)21)18(25)22-14(19(26)27-2)8-11-6-4-3-5-7-11;1-3-9-5-4-8-7(2)6-9;;;/h3-7,9,14,24H,8H2,1-2H3,(H,22,25);7-8H,3-6H2,1-2H3;3*1H/t14-;;;;/m1..../s1. The van der Waals surface area contributed by atoms with Crippen molar-refractivity contribution in [1.29, 1.82) is 0 Å². The molecule has 1 fully saturated rings. The van der Waals surface area contributed by atoms with Crippen molar-refractivity contribution in [1.82, 2.24) is 15.5 Å². The van der Waals surface area contributed by atoms with E-state index < -0.39 is 34.7 Å². The van der Waals surface area contributed by atoms with E-state index in [-0.39, 0.29) is 49.0 Å². The highest BCUT2D eigenvalue weighted by Gasteiger charge is 2.27. The van der Waals surface area contributed by atoms with E-state index in [1.54, 1.807) is 24.3 Å². The summed E-state index contributed by atoms with van der Waals surface area (Å²) in [5.41, 5.74) is 0.574. The van der Waals surface area contributed by atoms with E-state index >= 15 is 0 Å². The van der Waals surface area contributed by atoms with Crippen LogP contribution >= 0.6 is 48.0 Å². The van der Waals surface area contributed by atoms with Crippen LogP contribution in [-0.4, -0.2) is 73.2 Å². The van der Waals surface area contributed by atoms with Gasteiger partial charge in [-0.3, -0.25) is 9.59 Å². The van der Waals surface area contributed by atoms with Crippen LogP contribution in [0.4, 0.5) is 0 Å². The van der Waals surface area contributed by atoms with Crippen molar-refractivity contribution >= 4 is 65.9 Å². The third-order valence-electron chi connectivity index (χ3n) is 5.61. The number of piperazine rings is 1. The summed E-state index contributed by atoms with van der Waals surface area (Å²) >= 11 is 11.8. The molecule has 1 aliphatic heterocycles. The number of esters is 2. The minimum Gasteiger partial charge on any atom is -0.505 e. The number of ether oxygens (including phenoxy) is 2. The molecule has 1 saturated heterocycles. The minimum atomic E-state index is -1.02. The van der Waals surface area contributed by atoms with Gasteiger partial charge in [0.15, 0.2) is 11.5 Å². The lowest BCUT2D eigenvalue weighted by Gasteiger charge is -2.30. The average molecular weight is 629 g/mol. The summed E-state index contributed by atoms with van der Waals surface area (Å²) in [5, 5.41) is 15.2. The first-order valence-electron chi connectivity index (χ1n) is 11.8. The molecule has 9 nitrogen and oxygen atoms in total. The van der Waals surface area contributed by atoms with Gasteiger partial charge in [0.2, 0.25) is 0 Å². The number of rotatable bonds is 7. The van der Waals surface area contributed by atoms with E-state index in [2.05, 4.69) is 29.4 Å². The number of hydrogen-bond acceptors (Lipinski definition) is 8. The first-order chi connectivity index (χ1) is 17.6. The fraction of sp³-hybridized carbons (Fsp3) is 0.423. The molecule has 1 aliphatic rings. The molecule has 3 rings (SSSR count). The smallest absolute Gasteiger partial charge is 0.328 e. The van der Waals surface area contributed by atoms with Gasteiger partial charge in [-0.25, -0.2) is 4.79 Å². The molecule has 2 aromatic rings. The summed E-state index contributed by atoms with van der Waals surface area (Å²) in [5.74, 6) is -3.11. The monoisotopic (exact) mass is 627 g/mol. The van der Waals surface area contributed by atoms with Crippen molar-refractivity contribution in [2.24, 2.45) is 0 Å². The van der Waals surface area contributed by atoms with Gasteiger partial charge in [-0.2, -0.15) is 0 Å². The number of amides is 1. The Hall–Kier alpha value is -2.27. The SMILES string of the molecule is CCN1CCNC(C)C1.COC(=O)[C@@H](Cc1ccccc1)NC(=O)c1cc(Cl)c(O)c(Cl)c1OC(C)=O.Cl.Cl.[HH]. The summed E-state index contributed by atoms with van der Waals surface area (Å²) in [6, 6.07) is 9.76. The van der Waals surface area contributed by atoms with E-state index in [1.807, 2.05) is 6.07 Å². The summed E-state index contributed by atoms with van der Waals surface area (Å²) in [6.07, 6.45) is 0.168. The van der Waals surface area contributed by atoms with Crippen molar-refractivity contribution in [2.75, 3.05) is 33.3 Å². The molecule has 3 N–H and O–H groups in total. The van der Waals surface area contributed by atoms with Crippen molar-refractivity contribution < 1.29 is 30.4 Å². The highest BCUT2D eigenvalue weighted by molar-refractivity contribution is 6.39. The molecule has 0 radical (unpaired) electrons. The molecular weight excluding hydrogens is 592 g/mol. The summed E-state index contributed by atoms with van der Waals surface area (Å²) in [6.45, 7) is 10.4. The lowest BCUT2D eigenvalue weighted by atomic mass is 10.1. The molecule has 1 amide bonds. The molecular formula is C26H37Cl4N3O6. The topological polar surface area (TPSA) is 117 Å². The maximum Gasteiger partial charge on any atom is 0.328 e. The van der Waals surface area contributed by atoms with E-state index in [0.29, 0.717) is 6.04 Å². The molecule has 1 unspecified atom stereocenters. The zero-order valence-electron chi connectivity index (χ0n) is 22.2. The maximum atomic E-state index is 12.8. The van der Waals surface area contributed by atoms with Crippen molar-refractivity contribution in [3.05, 3.63) is 57.6 Å². The van der Waals surface area contributed by atoms with Crippen LogP contribution in [0.5, 0.6) is 11.5 Å². The molecule has 220 valence electrons. The fourth-order valence-electron chi connectivity index (χ4n) is 3.72. The fourth-order valence-corrected chi connectivity index (χ4v) is 4.22. The van der Waals surface area contributed by atoms with Crippen molar-refractivity contribution in [2.45, 2.75) is 39.3 Å². The maximum absolute atomic E-state index is 12.8. The van der Waals surface area contributed by atoms with Crippen molar-refractivity contribution in [3.8, 4) is 11.5 Å². The largest absolute Gasteiger partial charge is 0.505 e. The third-order valence-corrected chi connectivity index (χ3v) is 6.25. The number of carbonyl (C=O) groups is 3. The molecule has 2 atom stereocenters. The zero-order valence-corrected chi connectivity index (χ0v) is 25.3. The van der Waals surface area contributed by atoms with Crippen LogP contribution in [0.15, 0.2) is 36.4 Å². The summed E-state index contributed by atoms with van der Waals surface area (Å²) in [4.78, 5) is 38.7. The summed E-state index contributed by atoms with van der Waals surface area (Å²) < 4.78 is 9.70. The van der Waals surface area contributed by atoms with Crippen molar-refractivity contribution in [3.63, 3.8) is 0 Å². The Balaban J connectivity index is 0. The van der Waals surface area contributed by atoms with E-state index in [0.717, 1.165) is 25.1 Å². The van der Waals surface area contributed by atoms with Crippen LogP contribution in [-0.2, 0) is 20.7 Å². The third kappa shape index (κ3) is 11.4. The molecule has 0 aromatic heterocycles. The lowest BCUT2D eigenvalue weighted by molar-refractivity contribution is -0.142. The van der Waals surface area contributed by atoms with E-state index in [1.165, 1.54) is 26.7 Å². The number of aromatic hydroxyl groups is 1. The van der Waals surface area contributed by atoms with Gasteiger partial charge >= 0.3 is 11.9 Å². The highest BCUT2D eigenvalue weighted by atomic mass is 35.5. The van der Waals surface area contributed by atoms with Gasteiger partial charge in [0, 0.05) is 40.4 Å². The van der Waals surface area contributed by atoms with Gasteiger partial charge in [-0.05, 0) is 25.1 Å². The highest BCUT2D eigenvalue weighted by Crippen LogP contribution is 2.41. The Morgan fingerprint density at radius 3 is 2.38 bits per heavy atom. The van der Waals surface area contributed by atoms with Gasteiger partial charge in [-0.1, -0.05) is 60.5 Å². The van der Waals surface area contributed by atoms with Gasteiger partial charge in [-0.15, -0.1) is 24.8 Å². The zero-order chi connectivity index (χ0) is 27.5. The van der Waals surface area contributed by atoms with Crippen LogP contribution in [0.3, 0.4) is 0 Å². The Labute approximate surface area is 252 Å². The number of carbonyl (C=O) groups excluding carboxylic acids is 3. The van der Waals surface area contributed by atoms with E-state index in [4.69, 9.17) is 32.7 Å². The second-order valence-electron chi connectivity index (χ2n) is 8.48. The molecule has 1 heterocycles. The molecule has 0 spiro atoms. The Morgan fingerprint density at radius 2 is 1.87 bits per heavy atom. The molecule has 0 aliphatic carbocycles. The second kappa shape index (κ2) is 18.1. The normalized spacial score (nSPS) is 15.3. The van der Waals surface area contributed by atoms with Crippen LogP contribution < -0.4 is 15.4 Å². The van der Waals surface area contributed by atoms with Crippen LogP contribution in [0.25, 0.3) is 0 Å². The van der Waals surface area contributed by atoms with Crippen LogP contribution in [0.2, 0.25) is 10.0 Å². The quantitative estimate of drug-likeness (QED) is 0.303. The number of halogens is 4. The number of hydrogen-bond donors (Lipinski definition) is 3. The lowest BCUT2D eigenvalue weighted by Crippen LogP contribution is -2.48. The first-order valence-corrected chi connectivity index (χ1v) is 12.6. The molecule has 13 heteroatoms. The van der Waals surface area contributed by atoms with Gasteiger partial charge in [0.1, 0.15) is 11.1 Å². The molecule has 2 aromatic carbocycles. The van der Waals surface area contributed by atoms with Gasteiger partial charge in [0.05, 0.1) is 17.7 Å². The predicted octanol–water partition coefficient (Wildman–Crippen LogP) is 4.53. The van der Waals surface area contributed by atoms with E-state index in [9.17, 15) is 19.5 Å². The summed E-state index contributed by atoms with van der Waals surface area (Å²) in [7, 11) is 1.20. The average Bonchev–Trinajstić information content (AvgIpc) is 2.88. The second-order valence-corrected chi connectivity index (χ2v) is 9.26. The Morgan fingerprint density at radius 1 is 1.23 bits per heavy atom. The molecule has 39 heavy (non-hydrogen) atoms. The number of nitrogens with zero attached hydrogens (tertiary/aromatic N) is 1. The van der Waals surface area contributed by atoms with Crippen LogP contribution in [0.1, 0.15) is 38.1 Å². The number of phenols is 1. The Kier molecular flexibility index (Phi) is 17.1. The first kappa shape index (κ1) is 36.7.